The third-order valence-electron chi connectivity index (χ3n) is 2.58. The molecular weight excluding hydrogens is 230 g/mol. The number of hydrogen-bond acceptors (Lipinski definition) is 5. The highest BCUT2D eigenvalue weighted by molar-refractivity contribution is 5.20. The van der Waals surface area contributed by atoms with Crippen LogP contribution in [-0.4, -0.2) is 16.7 Å². The van der Waals surface area contributed by atoms with Crippen LogP contribution in [0.5, 0.6) is 5.75 Å². The van der Waals surface area contributed by atoms with Gasteiger partial charge in [0.1, 0.15) is 5.75 Å². The van der Waals surface area contributed by atoms with Crippen LogP contribution in [0, 0.1) is 0 Å². The first-order valence-electron chi connectivity index (χ1n) is 6.05. The Morgan fingerprint density at radius 2 is 2.11 bits per heavy atom. The molecule has 5 heteroatoms. The van der Waals surface area contributed by atoms with E-state index in [1.54, 1.807) is 0 Å². The van der Waals surface area contributed by atoms with Gasteiger partial charge < -0.3 is 15.0 Å². The zero-order chi connectivity index (χ0) is 12.8. The summed E-state index contributed by atoms with van der Waals surface area (Å²) in [6.07, 6.45) is 1.37. The fourth-order valence-electron chi connectivity index (χ4n) is 1.48. The van der Waals surface area contributed by atoms with Crippen molar-refractivity contribution in [3.63, 3.8) is 0 Å². The van der Waals surface area contributed by atoms with Gasteiger partial charge in [-0.2, -0.15) is 4.98 Å². The molecule has 1 aromatic carbocycles. The predicted molar refractivity (Wildman–Crippen MR) is 67.2 cm³/mol. The third kappa shape index (κ3) is 3.30. The quantitative estimate of drug-likeness (QED) is 0.846. The Morgan fingerprint density at radius 3 is 2.83 bits per heavy atom. The standard InChI is InChI=1S/C13H17N3O2/c1-2-11(14)13-15-12(18-16-13)8-9-17-10-6-4-3-5-7-10/h3-7,11H,2,8-9,14H2,1H3. The zero-order valence-corrected chi connectivity index (χ0v) is 10.4. The highest BCUT2D eigenvalue weighted by atomic mass is 16.5. The van der Waals surface area contributed by atoms with Crippen LogP contribution in [-0.2, 0) is 6.42 Å². The molecule has 0 aliphatic carbocycles. The zero-order valence-electron chi connectivity index (χ0n) is 10.4. The molecule has 96 valence electrons. The van der Waals surface area contributed by atoms with Crippen LogP contribution in [0.4, 0.5) is 0 Å². The molecule has 0 spiro atoms. The van der Waals surface area contributed by atoms with Crippen LogP contribution in [0.25, 0.3) is 0 Å². The molecule has 0 radical (unpaired) electrons. The topological polar surface area (TPSA) is 74.2 Å². The van der Waals surface area contributed by atoms with Crippen molar-refractivity contribution in [1.82, 2.24) is 10.1 Å². The molecule has 1 aromatic heterocycles. The van der Waals surface area contributed by atoms with Gasteiger partial charge in [-0.05, 0) is 18.6 Å². The summed E-state index contributed by atoms with van der Waals surface area (Å²) in [5.41, 5.74) is 5.81. The molecule has 0 aliphatic rings. The maximum Gasteiger partial charge on any atom is 0.230 e. The van der Waals surface area contributed by atoms with Crippen molar-refractivity contribution in [2.75, 3.05) is 6.61 Å². The molecule has 1 atom stereocenters. The molecule has 0 fully saturated rings. The van der Waals surface area contributed by atoms with E-state index in [4.69, 9.17) is 15.0 Å². The summed E-state index contributed by atoms with van der Waals surface area (Å²) >= 11 is 0. The molecular formula is C13H17N3O2. The molecule has 2 N–H and O–H groups in total. The van der Waals surface area contributed by atoms with E-state index in [-0.39, 0.29) is 6.04 Å². The maximum atomic E-state index is 5.81. The molecule has 18 heavy (non-hydrogen) atoms. The van der Waals surface area contributed by atoms with E-state index in [0.717, 1.165) is 12.2 Å². The summed E-state index contributed by atoms with van der Waals surface area (Å²) < 4.78 is 10.7. The van der Waals surface area contributed by atoms with Gasteiger partial charge in [0, 0.05) is 0 Å². The van der Waals surface area contributed by atoms with Gasteiger partial charge in [-0.15, -0.1) is 0 Å². The number of aromatic nitrogens is 2. The highest BCUT2D eigenvalue weighted by Gasteiger charge is 2.12. The summed E-state index contributed by atoms with van der Waals surface area (Å²) in [5, 5.41) is 3.85. The molecule has 0 saturated heterocycles. The van der Waals surface area contributed by atoms with Crippen molar-refractivity contribution in [2.45, 2.75) is 25.8 Å². The second kappa shape index (κ2) is 6.16. The number of rotatable bonds is 6. The average Bonchev–Trinajstić information content (AvgIpc) is 2.88. The van der Waals surface area contributed by atoms with Crippen LogP contribution >= 0.6 is 0 Å². The van der Waals surface area contributed by atoms with Gasteiger partial charge in [-0.1, -0.05) is 30.3 Å². The minimum Gasteiger partial charge on any atom is -0.493 e. The number of ether oxygens (including phenoxy) is 1. The van der Waals surface area contributed by atoms with Crippen LogP contribution in [0.2, 0.25) is 0 Å². The Kier molecular flexibility index (Phi) is 4.30. The number of nitrogens with two attached hydrogens (primary N) is 1. The molecule has 2 aromatic rings. The summed E-state index contributed by atoms with van der Waals surface area (Å²) in [7, 11) is 0. The fraction of sp³-hybridized carbons (Fsp3) is 0.385. The highest BCUT2D eigenvalue weighted by Crippen LogP contribution is 2.11. The first-order valence-corrected chi connectivity index (χ1v) is 6.05. The Bertz CT molecular complexity index is 470. The third-order valence-corrected chi connectivity index (χ3v) is 2.58. The van der Waals surface area contributed by atoms with Gasteiger partial charge in [0.05, 0.1) is 19.1 Å². The minimum absolute atomic E-state index is 0.155. The van der Waals surface area contributed by atoms with Gasteiger partial charge in [0.2, 0.25) is 5.89 Å². The number of para-hydroxylation sites is 1. The Morgan fingerprint density at radius 1 is 1.33 bits per heavy atom. The second-order valence-corrected chi connectivity index (χ2v) is 3.97. The molecule has 1 heterocycles. The van der Waals surface area contributed by atoms with E-state index in [1.165, 1.54) is 0 Å². The monoisotopic (exact) mass is 247 g/mol. The van der Waals surface area contributed by atoms with Gasteiger partial charge in [-0.25, -0.2) is 0 Å². The van der Waals surface area contributed by atoms with Crippen molar-refractivity contribution in [2.24, 2.45) is 5.73 Å². The van der Waals surface area contributed by atoms with Crippen LogP contribution < -0.4 is 10.5 Å². The van der Waals surface area contributed by atoms with E-state index >= 15 is 0 Å². The van der Waals surface area contributed by atoms with Crippen LogP contribution in [0.1, 0.15) is 31.1 Å². The number of hydrogen-bond donors (Lipinski definition) is 1. The SMILES string of the molecule is CCC(N)c1noc(CCOc2ccccc2)n1. The molecule has 2 rings (SSSR count). The van der Waals surface area contributed by atoms with E-state index in [9.17, 15) is 0 Å². The maximum absolute atomic E-state index is 5.81. The predicted octanol–water partition coefficient (Wildman–Crippen LogP) is 2.10. The summed E-state index contributed by atoms with van der Waals surface area (Å²) in [6, 6.07) is 9.47. The van der Waals surface area contributed by atoms with E-state index in [0.29, 0.717) is 24.7 Å². The molecule has 5 nitrogen and oxygen atoms in total. The van der Waals surface area contributed by atoms with Gasteiger partial charge >= 0.3 is 0 Å². The van der Waals surface area contributed by atoms with Gasteiger partial charge in [0.25, 0.3) is 0 Å². The molecule has 1 unspecified atom stereocenters. The van der Waals surface area contributed by atoms with Crippen molar-refractivity contribution in [1.29, 1.82) is 0 Å². The van der Waals surface area contributed by atoms with Crippen molar-refractivity contribution >= 4 is 0 Å². The van der Waals surface area contributed by atoms with Gasteiger partial charge in [-0.3, -0.25) is 0 Å². The summed E-state index contributed by atoms with van der Waals surface area (Å²) in [4.78, 5) is 4.23. The lowest BCUT2D eigenvalue weighted by Crippen LogP contribution is -2.10. The lowest BCUT2D eigenvalue weighted by Gasteiger charge is -2.03. The minimum atomic E-state index is -0.155. The molecule has 0 bridgehead atoms. The fourth-order valence-corrected chi connectivity index (χ4v) is 1.48. The van der Waals surface area contributed by atoms with Crippen molar-refractivity contribution in [3.8, 4) is 5.75 Å². The van der Waals surface area contributed by atoms with Gasteiger partial charge in [0.15, 0.2) is 5.82 Å². The average molecular weight is 247 g/mol. The normalized spacial score (nSPS) is 12.3. The van der Waals surface area contributed by atoms with E-state index in [2.05, 4.69) is 10.1 Å². The Labute approximate surface area is 106 Å². The molecule has 0 aliphatic heterocycles. The molecule has 0 saturated carbocycles. The van der Waals surface area contributed by atoms with Crippen LogP contribution in [0.3, 0.4) is 0 Å². The van der Waals surface area contributed by atoms with E-state index in [1.807, 2.05) is 37.3 Å². The largest absolute Gasteiger partial charge is 0.493 e. The molecule has 0 amide bonds. The Balaban J connectivity index is 1.82. The van der Waals surface area contributed by atoms with Crippen LogP contribution in [0.15, 0.2) is 34.9 Å². The number of nitrogens with zero attached hydrogens (tertiary/aromatic N) is 2. The lowest BCUT2D eigenvalue weighted by molar-refractivity contribution is 0.291. The second-order valence-electron chi connectivity index (χ2n) is 3.97. The summed E-state index contributed by atoms with van der Waals surface area (Å²) in [6.45, 7) is 2.49. The summed E-state index contributed by atoms with van der Waals surface area (Å²) in [5.74, 6) is 1.96. The smallest absolute Gasteiger partial charge is 0.230 e. The van der Waals surface area contributed by atoms with Crippen molar-refractivity contribution in [3.05, 3.63) is 42.0 Å². The first kappa shape index (κ1) is 12.6. The number of benzene rings is 1. The van der Waals surface area contributed by atoms with E-state index < -0.39 is 0 Å². The lowest BCUT2D eigenvalue weighted by atomic mass is 10.2. The Hall–Kier alpha value is -1.88. The van der Waals surface area contributed by atoms with Crippen molar-refractivity contribution < 1.29 is 9.26 Å². The first-order chi connectivity index (χ1) is 8.79.